The molecule has 23 heavy (non-hydrogen) atoms. The third-order valence-electron chi connectivity index (χ3n) is 4.33. The number of likely N-dealkylation sites (tertiary alicyclic amines) is 1. The predicted molar refractivity (Wildman–Crippen MR) is 83.9 cm³/mol. The van der Waals surface area contributed by atoms with Gasteiger partial charge in [-0.15, -0.1) is 0 Å². The summed E-state index contributed by atoms with van der Waals surface area (Å²) in [5.74, 6) is 1.98. The topological polar surface area (TPSA) is 80.5 Å². The lowest BCUT2D eigenvalue weighted by molar-refractivity contribution is 0.125. The van der Waals surface area contributed by atoms with Gasteiger partial charge in [-0.2, -0.15) is 4.98 Å². The standard InChI is InChI=1S/C16H26N4O3/c1-2-8-17-16(21)20-9-3-4-13(20)15-18-14(19-23-15)7-10-22-11-12-5-6-12/h12-13H,2-11H2,1H3,(H,17,21). The number of carbonyl (C=O) groups is 1. The molecule has 1 saturated heterocycles. The molecule has 1 aliphatic heterocycles. The monoisotopic (exact) mass is 322 g/mol. The number of nitrogens with one attached hydrogen (secondary N) is 1. The minimum absolute atomic E-state index is 0.0399. The Hall–Kier alpha value is -1.63. The maximum absolute atomic E-state index is 12.2. The third-order valence-corrected chi connectivity index (χ3v) is 4.33. The van der Waals surface area contributed by atoms with Crippen molar-refractivity contribution < 1.29 is 14.1 Å². The Bertz CT molecular complexity index is 515. The first-order valence-corrected chi connectivity index (χ1v) is 8.72. The van der Waals surface area contributed by atoms with Crippen LogP contribution in [0, 0.1) is 5.92 Å². The molecule has 1 aliphatic carbocycles. The summed E-state index contributed by atoms with van der Waals surface area (Å²) in [4.78, 5) is 18.4. The zero-order valence-electron chi connectivity index (χ0n) is 13.8. The lowest BCUT2D eigenvalue weighted by Gasteiger charge is -2.22. The Labute approximate surface area is 136 Å². The number of nitrogens with zero attached hydrogens (tertiary/aromatic N) is 3. The summed E-state index contributed by atoms with van der Waals surface area (Å²) in [5, 5.41) is 6.94. The second-order valence-electron chi connectivity index (χ2n) is 6.40. The van der Waals surface area contributed by atoms with Crippen molar-refractivity contribution in [3.63, 3.8) is 0 Å². The van der Waals surface area contributed by atoms with Gasteiger partial charge in [-0.25, -0.2) is 4.79 Å². The molecule has 2 amide bonds. The molecule has 0 spiro atoms. The number of ether oxygens (including phenoxy) is 1. The molecule has 0 bridgehead atoms. The van der Waals surface area contributed by atoms with E-state index in [0.29, 0.717) is 31.3 Å². The van der Waals surface area contributed by atoms with Crippen molar-refractivity contribution in [2.24, 2.45) is 5.92 Å². The smallest absolute Gasteiger partial charge is 0.318 e. The number of aromatic nitrogens is 2. The average Bonchev–Trinajstić information content (AvgIpc) is 3.06. The minimum Gasteiger partial charge on any atom is -0.381 e. The van der Waals surface area contributed by atoms with Gasteiger partial charge in [0, 0.05) is 26.1 Å². The minimum atomic E-state index is -0.0968. The summed E-state index contributed by atoms with van der Waals surface area (Å²) in [6.45, 7) is 4.94. The van der Waals surface area contributed by atoms with Gasteiger partial charge in [0.1, 0.15) is 6.04 Å². The first-order valence-electron chi connectivity index (χ1n) is 8.72. The molecule has 0 radical (unpaired) electrons. The highest BCUT2D eigenvalue weighted by atomic mass is 16.5. The Balaban J connectivity index is 1.50. The van der Waals surface area contributed by atoms with Crippen molar-refractivity contribution in [2.45, 2.75) is 51.5 Å². The maximum atomic E-state index is 12.2. The zero-order chi connectivity index (χ0) is 16.1. The predicted octanol–water partition coefficient (Wildman–Crippen LogP) is 2.30. The summed E-state index contributed by atoms with van der Waals surface area (Å²) >= 11 is 0. The molecule has 128 valence electrons. The van der Waals surface area contributed by atoms with Crippen LogP contribution in [0.2, 0.25) is 0 Å². The van der Waals surface area contributed by atoms with E-state index >= 15 is 0 Å². The molecule has 1 saturated carbocycles. The Morgan fingerprint density at radius 1 is 1.43 bits per heavy atom. The van der Waals surface area contributed by atoms with E-state index < -0.39 is 0 Å². The number of carbonyl (C=O) groups excluding carboxylic acids is 1. The molecule has 1 N–H and O–H groups in total. The summed E-state index contributed by atoms with van der Waals surface area (Å²) in [7, 11) is 0. The number of hydrogen-bond donors (Lipinski definition) is 1. The molecule has 2 aliphatic rings. The van der Waals surface area contributed by atoms with E-state index in [1.54, 1.807) is 4.90 Å². The van der Waals surface area contributed by atoms with Gasteiger partial charge < -0.3 is 19.5 Å². The molecule has 7 heteroatoms. The molecular weight excluding hydrogens is 296 g/mol. The molecule has 2 fully saturated rings. The largest absolute Gasteiger partial charge is 0.381 e. The van der Waals surface area contributed by atoms with Crippen LogP contribution in [0.4, 0.5) is 4.79 Å². The number of amides is 2. The van der Waals surface area contributed by atoms with Crippen LogP contribution >= 0.6 is 0 Å². The van der Waals surface area contributed by atoms with E-state index in [-0.39, 0.29) is 12.1 Å². The quantitative estimate of drug-likeness (QED) is 0.743. The summed E-state index contributed by atoms with van der Waals surface area (Å²) in [5.41, 5.74) is 0. The Morgan fingerprint density at radius 2 is 2.30 bits per heavy atom. The summed E-state index contributed by atoms with van der Waals surface area (Å²) in [6.07, 6.45) is 6.01. The van der Waals surface area contributed by atoms with Crippen molar-refractivity contribution in [1.29, 1.82) is 0 Å². The highest BCUT2D eigenvalue weighted by Gasteiger charge is 2.33. The fraction of sp³-hybridized carbons (Fsp3) is 0.812. The number of hydrogen-bond acceptors (Lipinski definition) is 5. The lowest BCUT2D eigenvalue weighted by atomic mass is 10.2. The Kier molecular flexibility index (Phi) is 5.48. The first-order chi connectivity index (χ1) is 11.3. The lowest BCUT2D eigenvalue weighted by Crippen LogP contribution is -2.39. The molecule has 0 aromatic carbocycles. The van der Waals surface area contributed by atoms with Gasteiger partial charge in [0.05, 0.1) is 6.61 Å². The fourth-order valence-electron chi connectivity index (χ4n) is 2.80. The molecule has 1 atom stereocenters. The molecule has 3 rings (SSSR count). The van der Waals surface area contributed by atoms with Gasteiger partial charge in [0.15, 0.2) is 5.82 Å². The van der Waals surface area contributed by atoms with Crippen LogP contribution in [0.5, 0.6) is 0 Å². The van der Waals surface area contributed by atoms with E-state index in [2.05, 4.69) is 15.5 Å². The van der Waals surface area contributed by atoms with Crippen molar-refractivity contribution in [1.82, 2.24) is 20.4 Å². The van der Waals surface area contributed by atoms with Crippen LogP contribution in [0.15, 0.2) is 4.52 Å². The van der Waals surface area contributed by atoms with Crippen LogP contribution in [-0.2, 0) is 11.2 Å². The molecule has 1 unspecified atom stereocenters. The Morgan fingerprint density at radius 3 is 3.09 bits per heavy atom. The third kappa shape index (κ3) is 4.43. The van der Waals surface area contributed by atoms with E-state index in [9.17, 15) is 4.79 Å². The van der Waals surface area contributed by atoms with Crippen LogP contribution in [0.25, 0.3) is 0 Å². The van der Waals surface area contributed by atoms with Crippen molar-refractivity contribution in [3.05, 3.63) is 11.7 Å². The molecule has 7 nitrogen and oxygen atoms in total. The van der Waals surface area contributed by atoms with Crippen LogP contribution in [-0.4, -0.2) is 47.4 Å². The van der Waals surface area contributed by atoms with Crippen LogP contribution in [0.1, 0.15) is 56.8 Å². The van der Waals surface area contributed by atoms with E-state index in [4.69, 9.17) is 9.26 Å². The summed E-state index contributed by atoms with van der Waals surface area (Å²) < 4.78 is 11.0. The van der Waals surface area contributed by atoms with Crippen LogP contribution < -0.4 is 5.32 Å². The van der Waals surface area contributed by atoms with Gasteiger partial charge in [0.2, 0.25) is 5.89 Å². The second-order valence-corrected chi connectivity index (χ2v) is 6.40. The van der Waals surface area contributed by atoms with Crippen molar-refractivity contribution >= 4 is 6.03 Å². The maximum Gasteiger partial charge on any atom is 0.318 e. The van der Waals surface area contributed by atoms with Gasteiger partial charge >= 0.3 is 6.03 Å². The zero-order valence-corrected chi connectivity index (χ0v) is 13.8. The van der Waals surface area contributed by atoms with E-state index in [0.717, 1.165) is 38.3 Å². The van der Waals surface area contributed by atoms with Crippen molar-refractivity contribution in [2.75, 3.05) is 26.3 Å². The van der Waals surface area contributed by atoms with E-state index in [1.807, 2.05) is 6.92 Å². The van der Waals surface area contributed by atoms with Gasteiger partial charge in [-0.1, -0.05) is 12.1 Å². The molecular formula is C16H26N4O3. The van der Waals surface area contributed by atoms with Gasteiger partial charge in [-0.05, 0) is 38.0 Å². The van der Waals surface area contributed by atoms with Gasteiger partial charge in [-0.3, -0.25) is 0 Å². The average molecular weight is 322 g/mol. The normalized spacial score (nSPS) is 20.9. The molecule has 1 aromatic rings. The fourth-order valence-corrected chi connectivity index (χ4v) is 2.80. The number of rotatable bonds is 8. The van der Waals surface area contributed by atoms with Crippen molar-refractivity contribution in [3.8, 4) is 0 Å². The first kappa shape index (κ1) is 16.2. The van der Waals surface area contributed by atoms with Crippen LogP contribution in [0.3, 0.4) is 0 Å². The molecule has 2 heterocycles. The van der Waals surface area contributed by atoms with Gasteiger partial charge in [0.25, 0.3) is 0 Å². The highest BCUT2D eigenvalue weighted by molar-refractivity contribution is 5.74. The summed E-state index contributed by atoms with van der Waals surface area (Å²) in [6, 6.07) is -0.137. The SMILES string of the molecule is CCCNC(=O)N1CCCC1c1nc(CCOCC2CC2)no1. The molecule has 1 aromatic heterocycles. The number of urea groups is 1. The van der Waals surface area contributed by atoms with E-state index in [1.165, 1.54) is 12.8 Å². The highest BCUT2D eigenvalue weighted by Crippen LogP contribution is 2.31. The second kappa shape index (κ2) is 7.77.